The van der Waals surface area contributed by atoms with Crippen molar-refractivity contribution in [3.05, 3.63) is 35.5 Å². The van der Waals surface area contributed by atoms with Gasteiger partial charge in [-0.2, -0.15) is 0 Å². The molecule has 1 saturated carbocycles. The van der Waals surface area contributed by atoms with Gasteiger partial charge in [0.2, 0.25) is 11.9 Å². The SMILES string of the molecule is CC1COCCN1c1nc2c(c(-c3ccc(NC(=O)NC4CC4)cc3)n1)CN(C(=O)CN1CCOCC1)C2. The molecule has 1 aliphatic carbocycles. The number of urea groups is 1. The zero-order valence-electron chi connectivity index (χ0n) is 21.8. The number of hydrogen-bond acceptors (Lipinski definition) is 8. The van der Waals surface area contributed by atoms with Gasteiger partial charge < -0.3 is 29.9 Å². The summed E-state index contributed by atoms with van der Waals surface area (Å²) in [5.41, 5.74) is 4.37. The molecular formula is C27H35N7O4. The third kappa shape index (κ3) is 5.59. The number of carbonyl (C=O) groups excluding carboxylic acids is 2. The molecule has 0 radical (unpaired) electrons. The van der Waals surface area contributed by atoms with Crippen molar-refractivity contribution in [3.8, 4) is 11.3 Å². The first-order valence-corrected chi connectivity index (χ1v) is 13.5. The maximum absolute atomic E-state index is 13.2. The van der Waals surface area contributed by atoms with Crippen molar-refractivity contribution in [1.82, 2.24) is 25.1 Å². The van der Waals surface area contributed by atoms with Crippen LogP contribution in [0.3, 0.4) is 0 Å². The third-order valence-electron chi connectivity index (χ3n) is 7.54. The zero-order chi connectivity index (χ0) is 26.1. The Hall–Kier alpha value is -3.28. The van der Waals surface area contributed by atoms with Crippen molar-refractivity contribution < 1.29 is 19.1 Å². The van der Waals surface area contributed by atoms with E-state index in [2.05, 4.69) is 27.4 Å². The molecule has 0 spiro atoms. The lowest BCUT2D eigenvalue weighted by Gasteiger charge is -2.33. The first-order chi connectivity index (χ1) is 18.5. The second kappa shape index (κ2) is 10.8. The van der Waals surface area contributed by atoms with E-state index in [9.17, 15) is 9.59 Å². The molecule has 1 aromatic carbocycles. The van der Waals surface area contributed by atoms with Gasteiger partial charge in [-0.05, 0) is 31.9 Å². The number of nitrogens with one attached hydrogen (secondary N) is 2. The molecule has 3 aliphatic heterocycles. The van der Waals surface area contributed by atoms with Gasteiger partial charge in [0, 0.05) is 42.5 Å². The minimum absolute atomic E-state index is 0.0957. The number of nitrogens with zero attached hydrogens (tertiary/aromatic N) is 5. The summed E-state index contributed by atoms with van der Waals surface area (Å²) < 4.78 is 11.1. The highest BCUT2D eigenvalue weighted by molar-refractivity contribution is 5.90. The van der Waals surface area contributed by atoms with Crippen LogP contribution in [0.15, 0.2) is 24.3 Å². The lowest BCUT2D eigenvalue weighted by Crippen LogP contribution is -2.44. The van der Waals surface area contributed by atoms with Crippen LogP contribution in [-0.4, -0.2) is 96.4 Å². The van der Waals surface area contributed by atoms with Gasteiger partial charge in [0.05, 0.1) is 63.5 Å². The molecule has 11 nitrogen and oxygen atoms in total. The van der Waals surface area contributed by atoms with E-state index in [-0.39, 0.29) is 18.0 Å². The number of hydrogen-bond donors (Lipinski definition) is 2. The Balaban J connectivity index is 1.25. The molecule has 2 saturated heterocycles. The number of aromatic nitrogens is 2. The highest BCUT2D eigenvalue weighted by Gasteiger charge is 2.32. The molecule has 202 valence electrons. The van der Waals surface area contributed by atoms with Crippen molar-refractivity contribution >= 4 is 23.6 Å². The fraction of sp³-hybridized carbons (Fsp3) is 0.556. The molecule has 0 bridgehead atoms. The average molecular weight is 522 g/mol. The third-order valence-corrected chi connectivity index (χ3v) is 7.54. The second-order valence-corrected chi connectivity index (χ2v) is 10.5. The van der Waals surface area contributed by atoms with Crippen molar-refractivity contribution in [1.29, 1.82) is 0 Å². The molecule has 4 aliphatic rings. The summed E-state index contributed by atoms with van der Waals surface area (Å²) in [5, 5.41) is 5.84. The monoisotopic (exact) mass is 521 g/mol. The molecule has 1 atom stereocenters. The van der Waals surface area contributed by atoms with Gasteiger partial charge in [-0.15, -0.1) is 0 Å². The van der Waals surface area contributed by atoms with E-state index in [1.165, 1.54) is 0 Å². The van der Waals surface area contributed by atoms with Gasteiger partial charge in [0.15, 0.2) is 0 Å². The van der Waals surface area contributed by atoms with E-state index < -0.39 is 0 Å². The molecule has 1 aromatic heterocycles. The number of carbonyl (C=O) groups is 2. The average Bonchev–Trinajstić information content (AvgIpc) is 3.63. The van der Waals surface area contributed by atoms with Crippen molar-refractivity contribution in [2.75, 3.05) is 62.8 Å². The Morgan fingerprint density at radius 3 is 2.50 bits per heavy atom. The van der Waals surface area contributed by atoms with Crippen LogP contribution >= 0.6 is 0 Å². The molecule has 2 aromatic rings. The van der Waals surface area contributed by atoms with Gasteiger partial charge in [-0.1, -0.05) is 12.1 Å². The van der Waals surface area contributed by atoms with Gasteiger partial charge in [0.25, 0.3) is 0 Å². The first kappa shape index (κ1) is 25.0. The summed E-state index contributed by atoms with van der Waals surface area (Å²) in [5.74, 6) is 0.765. The predicted octanol–water partition coefficient (Wildman–Crippen LogP) is 1.83. The molecule has 1 unspecified atom stereocenters. The molecule has 11 heteroatoms. The number of ether oxygens (including phenoxy) is 2. The smallest absolute Gasteiger partial charge is 0.319 e. The van der Waals surface area contributed by atoms with E-state index in [1.54, 1.807) is 0 Å². The minimum Gasteiger partial charge on any atom is -0.379 e. The van der Waals surface area contributed by atoms with E-state index in [1.807, 2.05) is 29.2 Å². The number of rotatable bonds is 6. The van der Waals surface area contributed by atoms with Crippen LogP contribution in [0.2, 0.25) is 0 Å². The summed E-state index contributed by atoms with van der Waals surface area (Å²) in [7, 11) is 0. The topological polar surface area (TPSA) is 112 Å². The zero-order valence-corrected chi connectivity index (χ0v) is 21.8. The van der Waals surface area contributed by atoms with Crippen LogP contribution in [-0.2, 0) is 27.4 Å². The number of benzene rings is 1. The number of morpholine rings is 2. The fourth-order valence-electron chi connectivity index (χ4n) is 5.15. The van der Waals surface area contributed by atoms with E-state index in [4.69, 9.17) is 19.4 Å². The van der Waals surface area contributed by atoms with E-state index in [0.29, 0.717) is 58.1 Å². The maximum atomic E-state index is 13.2. The molecule has 3 fully saturated rings. The Morgan fingerprint density at radius 2 is 1.76 bits per heavy atom. The Kier molecular flexibility index (Phi) is 7.14. The minimum atomic E-state index is -0.179. The van der Waals surface area contributed by atoms with Crippen LogP contribution in [0.25, 0.3) is 11.3 Å². The maximum Gasteiger partial charge on any atom is 0.319 e. The predicted molar refractivity (Wildman–Crippen MR) is 142 cm³/mol. The number of fused-ring (bicyclic) bond motifs is 1. The van der Waals surface area contributed by atoms with Crippen LogP contribution in [0.1, 0.15) is 31.0 Å². The van der Waals surface area contributed by atoms with E-state index >= 15 is 0 Å². The summed E-state index contributed by atoms with van der Waals surface area (Å²) in [6.45, 7) is 8.31. The summed E-state index contributed by atoms with van der Waals surface area (Å²) in [6.07, 6.45) is 2.09. The Bertz CT molecular complexity index is 1180. The molecule has 3 amide bonds. The van der Waals surface area contributed by atoms with Gasteiger partial charge in [-0.3, -0.25) is 9.69 Å². The van der Waals surface area contributed by atoms with Crippen LogP contribution in [0.5, 0.6) is 0 Å². The van der Waals surface area contributed by atoms with Crippen LogP contribution in [0.4, 0.5) is 16.4 Å². The summed E-state index contributed by atoms with van der Waals surface area (Å²) in [6, 6.07) is 8.01. The van der Waals surface area contributed by atoms with Gasteiger partial charge >= 0.3 is 6.03 Å². The standard InChI is InChI=1S/C27H35N7O4/c1-18-17-38-13-10-34(18)26-30-23-15-33(24(35)16-32-8-11-37-12-9-32)14-22(23)25(31-26)19-2-4-20(5-3-19)28-27(36)29-21-6-7-21/h2-5,18,21H,6-17H2,1H3,(H2,28,29,36). The summed E-state index contributed by atoms with van der Waals surface area (Å²) >= 11 is 0. The Labute approximate surface area is 222 Å². The molecular weight excluding hydrogens is 486 g/mol. The highest BCUT2D eigenvalue weighted by atomic mass is 16.5. The molecule has 6 rings (SSSR count). The van der Waals surface area contributed by atoms with Crippen LogP contribution < -0.4 is 15.5 Å². The second-order valence-electron chi connectivity index (χ2n) is 10.5. The van der Waals surface area contributed by atoms with Crippen molar-refractivity contribution in [3.63, 3.8) is 0 Å². The van der Waals surface area contributed by atoms with Crippen molar-refractivity contribution in [2.24, 2.45) is 0 Å². The highest BCUT2D eigenvalue weighted by Crippen LogP contribution is 2.33. The first-order valence-electron chi connectivity index (χ1n) is 13.5. The Morgan fingerprint density at radius 1 is 1.00 bits per heavy atom. The van der Waals surface area contributed by atoms with Crippen LogP contribution in [0, 0.1) is 0 Å². The lowest BCUT2D eigenvalue weighted by molar-refractivity contribution is -0.134. The molecule has 38 heavy (non-hydrogen) atoms. The van der Waals surface area contributed by atoms with E-state index in [0.717, 1.165) is 60.7 Å². The normalized spacial score (nSPS) is 21.8. The quantitative estimate of drug-likeness (QED) is 0.592. The molecule has 4 heterocycles. The largest absolute Gasteiger partial charge is 0.379 e. The fourth-order valence-corrected chi connectivity index (χ4v) is 5.15. The summed E-state index contributed by atoms with van der Waals surface area (Å²) in [4.78, 5) is 41.6. The number of amides is 3. The number of anilines is 2. The van der Waals surface area contributed by atoms with Crippen molar-refractivity contribution in [2.45, 2.75) is 44.9 Å². The van der Waals surface area contributed by atoms with Gasteiger partial charge in [0.1, 0.15) is 0 Å². The lowest BCUT2D eigenvalue weighted by atomic mass is 10.1. The molecule has 2 N–H and O–H groups in total. The van der Waals surface area contributed by atoms with Gasteiger partial charge in [-0.25, -0.2) is 14.8 Å².